The molecule has 0 aliphatic rings. The maximum Gasteiger partial charge on any atom is 0.307 e. The van der Waals surface area contributed by atoms with Gasteiger partial charge in [-0.2, -0.15) is 20.2 Å². The Labute approximate surface area is 213 Å². The molecule has 0 spiro atoms. The first-order valence-corrected chi connectivity index (χ1v) is 11.3. The summed E-state index contributed by atoms with van der Waals surface area (Å²) in [6.07, 6.45) is 6.76. The maximum absolute atomic E-state index is 10.9. The van der Waals surface area contributed by atoms with E-state index >= 15 is 0 Å². The Bertz CT molecular complexity index is 1330. The Morgan fingerprint density at radius 3 is 1.73 bits per heavy atom. The second kappa shape index (κ2) is 12.0. The van der Waals surface area contributed by atoms with Crippen molar-refractivity contribution in [1.82, 2.24) is 19.9 Å². The number of carboxylic acid groups (broad SMARTS) is 1. The molecule has 0 amide bonds. The molecule has 0 radical (unpaired) electrons. The van der Waals surface area contributed by atoms with Crippen molar-refractivity contribution < 1.29 is 9.90 Å². The maximum atomic E-state index is 10.9. The average Bonchev–Trinajstić information content (AvgIpc) is 2.92. The molecule has 0 aliphatic carbocycles. The first-order valence-electron chi connectivity index (χ1n) is 11.3. The molecule has 0 bridgehead atoms. The van der Waals surface area contributed by atoms with Gasteiger partial charge in [-0.15, -0.1) is 0 Å². The van der Waals surface area contributed by atoms with Crippen molar-refractivity contribution in [3.63, 3.8) is 0 Å². The van der Waals surface area contributed by atoms with Crippen LogP contribution in [0.25, 0.3) is 0 Å². The zero-order valence-electron chi connectivity index (χ0n) is 20.3. The van der Waals surface area contributed by atoms with Crippen molar-refractivity contribution in [3.05, 3.63) is 96.1 Å². The molecule has 11 nitrogen and oxygen atoms in total. The predicted octanol–water partition coefficient (Wildman–Crippen LogP) is 4.31. The fourth-order valence-electron chi connectivity index (χ4n) is 3.22. The fraction of sp³-hybridized carbons (Fsp3) is 0.115. The number of benzene rings is 1. The van der Waals surface area contributed by atoms with E-state index < -0.39 is 5.97 Å². The molecule has 4 N–H and O–H groups in total. The van der Waals surface area contributed by atoms with Gasteiger partial charge < -0.3 is 10.4 Å². The Morgan fingerprint density at radius 2 is 1.27 bits per heavy atom. The topological polar surface area (TPSA) is 150 Å². The van der Waals surface area contributed by atoms with E-state index in [1.165, 1.54) is 0 Å². The summed E-state index contributed by atoms with van der Waals surface area (Å²) in [6, 6.07) is 16.2. The number of aliphatic carboxylic acids is 1. The minimum atomic E-state index is -0.885. The lowest BCUT2D eigenvalue weighted by Crippen LogP contribution is -2.07. The van der Waals surface area contributed by atoms with Crippen LogP contribution in [0.4, 0.5) is 23.3 Å². The van der Waals surface area contributed by atoms with Gasteiger partial charge in [0.15, 0.2) is 11.6 Å². The number of carboxylic acids is 1. The Balaban J connectivity index is 1.58. The number of anilines is 4. The molecule has 0 aliphatic heterocycles. The summed E-state index contributed by atoms with van der Waals surface area (Å²) >= 11 is 0. The molecule has 4 rings (SSSR count). The molecular formula is C26H25N9O2. The predicted molar refractivity (Wildman–Crippen MR) is 143 cm³/mol. The first-order chi connectivity index (χ1) is 18.0. The number of aromatic nitrogens is 4. The molecule has 3 heterocycles. The summed E-state index contributed by atoms with van der Waals surface area (Å²) in [7, 11) is 0. The van der Waals surface area contributed by atoms with E-state index in [0.717, 1.165) is 22.6 Å². The van der Waals surface area contributed by atoms with Crippen LogP contribution in [0.2, 0.25) is 0 Å². The molecule has 11 heteroatoms. The highest BCUT2D eigenvalue weighted by molar-refractivity contribution is 5.99. The SMILES string of the molecule is CC(=NNc1cc(NN=C(C)c2ccncc2)nc(Nc2ccc(CC(=O)O)cc2)n1)c1ccncc1. The summed E-state index contributed by atoms with van der Waals surface area (Å²) in [5.41, 5.74) is 10.7. The minimum Gasteiger partial charge on any atom is -0.481 e. The lowest BCUT2D eigenvalue weighted by atomic mass is 10.1. The van der Waals surface area contributed by atoms with Gasteiger partial charge in [0.1, 0.15) is 0 Å². The van der Waals surface area contributed by atoms with Crippen LogP contribution < -0.4 is 16.2 Å². The van der Waals surface area contributed by atoms with Crippen LogP contribution in [0.1, 0.15) is 30.5 Å². The number of nitrogens with one attached hydrogen (secondary N) is 3. The molecule has 0 unspecified atom stereocenters. The highest BCUT2D eigenvalue weighted by Crippen LogP contribution is 2.20. The van der Waals surface area contributed by atoms with Gasteiger partial charge in [0.05, 0.1) is 17.8 Å². The van der Waals surface area contributed by atoms with Gasteiger partial charge in [0.2, 0.25) is 5.95 Å². The third-order valence-corrected chi connectivity index (χ3v) is 5.16. The van der Waals surface area contributed by atoms with Crippen LogP contribution in [-0.4, -0.2) is 42.4 Å². The van der Waals surface area contributed by atoms with Gasteiger partial charge in [-0.25, -0.2) is 0 Å². The summed E-state index contributed by atoms with van der Waals surface area (Å²) in [5.74, 6) is 0.288. The lowest BCUT2D eigenvalue weighted by molar-refractivity contribution is -0.136. The number of rotatable bonds is 10. The number of carbonyl (C=O) groups is 1. The second-order valence-electron chi connectivity index (χ2n) is 7.94. The van der Waals surface area contributed by atoms with Crippen molar-refractivity contribution in [3.8, 4) is 0 Å². The number of nitrogens with zero attached hydrogens (tertiary/aromatic N) is 6. The molecule has 0 saturated carbocycles. The van der Waals surface area contributed by atoms with Gasteiger partial charge >= 0.3 is 5.97 Å². The Morgan fingerprint density at radius 1 is 0.784 bits per heavy atom. The van der Waals surface area contributed by atoms with Crippen LogP contribution in [0.15, 0.2) is 89.6 Å². The van der Waals surface area contributed by atoms with Crippen molar-refractivity contribution >= 4 is 40.7 Å². The first kappa shape index (κ1) is 24.9. The molecule has 0 saturated heterocycles. The lowest BCUT2D eigenvalue weighted by Gasteiger charge is -2.11. The number of pyridine rings is 2. The van der Waals surface area contributed by atoms with E-state index in [1.54, 1.807) is 55.1 Å². The number of hydrazone groups is 2. The smallest absolute Gasteiger partial charge is 0.307 e. The molecule has 4 aromatic rings. The van der Waals surface area contributed by atoms with Crippen LogP contribution in [0.3, 0.4) is 0 Å². The quantitative estimate of drug-likeness (QED) is 0.186. The van der Waals surface area contributed by atoms with Gasteiger partial charge in [-0.05, 0) is 55.8 Å². The number of hydrogen-bond donors (Lipinski definition) is 4. The summed E-state index contributed by atoms with van der Waals surface area (Å²) in [5, 5.41) is 21.0. The van der Waals surface area contributed by atoms with Crippen LogP contribution >= 0.6 is 0 Å². The van der Waals surface area contributed by atoms with E-state index in [9.17, 15) is 4.79 Å². The average molecular weight is 496 g/mol. The molecule has 186 valence electrons. The monoisotopic (exact) mass is 495 g/mol. The third-order valence-electron chi connectivity index (χ3n) is 5.16. The Kier molecular flexibility index (Phi) is 8.07. The van der Waals surface area contributed by atoms with Crippen molar-refractivity contribution in [2.24, 2.45) is 10.2 Å². The standard InChI is InChI=1S/C26H25N9O2/c1-17(20-7-11-27-12-8-20)32-34-23-16-24(35-33-18(2)21-9-13-28-14-10-21)31-26(30-23)29-22-5-3-19(4-6-22)15-25(36)37/h3-14,16H,15H2,1-2H3,(H,36,37)(H3,29,30,31,34,35). The van der Waals surface area contributed by atoms with Crippen molar-refractivity contribution in [2.75, 3.05) is 16.2 Å². The van der Waals surface area contributed by atoms with Gasteiger partial charge in [-0.3, -0.25) is 25.6 Å². The van der Waals surface area contributed by atoms with E-state index in [0.29, 0.717) is 28.8 Å². The van der Waals surface area contributed by atoms with Crippen molar-refractivity contribution in [2.45, 2.75) is 20.3 Å². The van der Waals surface area contributed by atoms with Gasteiger partial charge in [0, 0.05) is 47.7 Å². The van der Waals surface area contributed by atoms with Crippen LogP contribution in [-0.2, 0) is 11.2 Å². The van der Waals surface area contributed by atoms with Gasteiger partial charge in [0.25, 0.3) is 0 Å². The van der Waals surface area contributed by atoms with E-state index in [1.807, 2.05) is 38.1 Å². The van der Waals surface area contributed by atoms with E-state index in [4.69, 9.17) is 5.11 Å². The summed E-state index contributed by atoms with van der Waals surface area (Å²) in [4.78, 5) is 28.0. The van der Waals surface area contributed by atoms with Gasteiger partial charge in [-0.1, -0.05) is 12.1 Å². The normalized spacial score (nSPS) is 11.6. The van der Waals surface area contributed by atoms with Crippen molar-refractivity contribution in [1.29, 1.82) is 0 Å². The highest BCUT2D eigenvalue weighted by atomic mass is 16.4. The van der Waals surface area contributed by atoms with E-state index in [2.05, 4.69) is 46.3 Å². The molecular weight excluding hydrogens is 470 g/mol. The Hall–Kier alpha value is -5.19. The zero-order chi connectivity index (χ0) is 26.0. The minimum absolute atomic E-state index is 0.0477. The molecule has 0 fully saturated rings. The highest BCUT2D eigenvalue weighted by Gasteiger charge is 2.07. The second-order valence-corrected chi connectivity index (χ2v) is 7.94. The molecule has 3 aromatic heterocycles. The largest absolute Gasteiger partial charge is 0.481 e. The van der Waals surface area contributed by atoms with E-state index in [-0.39, 0.29) is 6.42 Å². The summed E-state index contributed by atoms with van der Waals surface area (Å²) < 4.78 is 0. The van der Waals surface area contributed by atoms with Crippen LogP contribution in [0.5, 0.6) is 0 Å². The summed E-state index contributed by atoms with van der Waals surface area (Å²) in [6.45, 7) is 3.76. The third kappa shape index (κ3) is 7.39. The molecule has 37 heavy (non-hydrogen) atoms. The number of hydrogen-bond acceptors (Lipinski definition) is 10. The fourth-order valence-corrected chi connectivity index (χ4v) is 3.22. The molecule has 0 atom stereocenters. The zero-order valence-corrected chi connectivity index (χ0v) is 20.3. The molecule has 1 aromatic carbocycles. The van der Waals surface area contributed by atoms with Crippen LogP contribution in [0, 0.1) is 0 Å².